The van der Waals surface area contributed by atoms with E-state index in [2.05, 4.69) is 26.0 Å². The van der Waals surface area contributed by atoms with Gasteiger partial charge in [0.15, 0.2) is 0 Å². The Morgan fingerprint density at radius 3 is 2.93 bits per heavy atom. The van der Waals surface area contributed by atoms with Crippen LogP contribution in [-0.4, -0.2) is 68.8 Å². The van der Waals surface area contributed by atoms with Crippen molar-refractivity contribution in [2.45, 2.75) is 19.0 Å². The van der Waals surface area contributed by atoms with Gasteiger partial charge in [-0.3, -0.25) is 14.5 Å². The van der Waals surface area contributed by atoms with Gasteiger partial charge < -0.3 is 9.88 Å². The molecule has 5 rings (SSSR count). The number of amides is 2. The summed E-state index contributed by atoms with van der Waals surface area (Å²) in [4.78, 5) is 26.2. The number of nitrogens with zero attached hydrogens (tertiary/aromatic N) is 6. The highest BCUT2D eigenvalue weighted by atomic mass is 16.2. The van der Waals surface area contributed by atoms with Crippen LogP contribution < -0.4 is 4.90 Å². The number of urea groups is 1. The average Bonchev–Trinajstić information content (AvgIpc) is 3.43. The lowest BCUT2D eigenvalue weighted by atomic mass is 10.3. The topological polar surface area (TPSA) is 73.3 Å². The first-order valence-corrected chi connectivity index (χ1v) is 9.40. The number of aromatic amines is 1. The lowest BCUT2D eigenvalue weighted by molar-refractivity contribution is 0.229. The predicted octanol–water partition coefficient (Wildman–Crippen LogP) is 2.08. The summed E-state index contributed by atoms with van der Waals surface area (Å²) >= 11 is 0. The Kier molecular flexibility index (Phi) is 3.86. The summed E-state index contributed by atoms with van der Waals surface area (Å²) in [6, 6.07) is 8.50. The van der Waals surface area contributed by atoms with Crippen LogP contribution in [0.1, 0.15) is 18.3 Å². The molecule has 1 atom stereocenters. The van der Waals surface area contributed by atoms with Gasteiger partial charge in [0.1, 0.15) is 5.82 Å². The van der Waals surface area contributed by atoms with E-state index in [0.29, 0.717) is 6.04 Å². The van der Waals surface area contributed by atoms with Gasteiger partial charge in [-0.1, -0.05) is 12.1 Å². The lowest BCUT2D eigenvalue weighted by Crippen LogP contribution is -2.28. The molecule has 3 aromatic rings. The molecule has 2 aliphatic rings. The molecule has 2 amide bonds. The molecular weight excluding hydrogens is 342 g/mol. The molecular formula is C19H23N7O. The van der Waals surface area contributed by atoms with Crippen LogP contribution in [0.25, 0.3) is 11.0 Å². The molecule has 1 aromatic carbocycles. The molecule has 2 fully saturated rings. The second kappa shape index (κ2) is 6.38. The summed E-state index contributed by atoms with van der Waals surface area (Å²) in [5.74, 6) is 1.00. The molecule has 1 unspecified atom stereocenters. The van der Waals surface area contributed by atoms with Gasteiger partial charge >= 0.3 is 6.03 Å². The summed E-state index contributed by atoms with van der Waals surface area (Å²) in [5.41, 5.74) is 2.99. The van der Waals surface area contributed by atoms with Crippen molar-refractivity contribution in [3.8, 4) is 0 Å². The summed E-state index contributed by atoms with van der Waals surface area (Å²) in [5, 5.41) is 4.53. The molecule has 2 aromatic heterocycles. The van der Waals surface area contributed by atoms with Crippen LogP contribution in [0.15, 0.2) is 36.7 Å². The SMILES string of the molecule is CN1CCN(c2cnn(C3CCN(Cc4nc5ccccc5[nH]4)C3)c2)C1=O. The van der Waals surface area contributed by atoms with Gasteiger partial charge in [0.25, 0.3) is 0 Å². The molecule has 0 saturated carbocycles. The van der Waals surface area contributed by atoms with Gasteiger partial charge in [-0.25, -0.2) is 9.78 Å². The first-order valence-electron chi connectivity index (χ1n) is 9.40. The molecule has 0 aliphatic carbocycles. The molecule has 8 nitrogen and oxygen atoms in total. The zero-order valence-electron chi connectivity index (χ0n) is 15.4. The molecule has 140 valence electrons. The quantitative estimate of drug-likeness (QED) is 0.768. The zero-order chi connectivity index (χ0) is 18.4. The fourth-order valence-electron chi connectivity index (χ4n) is 4.02. The molecule has 2 aliphatic heterocycles. The molecule has 4 heterocycles. The number of likely N-dealkylation sites (N-methyl/N-ethyl adjacent to an activating group) is 1. The molecule has 0 bridgehead atoms. The Balaban J connectivity index is 1.25. The fraction of sp³-hybridized carbons (Fsp3) is 0.421. The third-order valence-electron chi connectivity index (χ3n) is 5.55. The smallest absolute Gasteiger partial charge is 0.324 e. The van der Waals surface area contributed by atoms with Crippen molar-refractivity contribution in [1.82, 2.24) is 29.5 Å². The number of hydrogen-bond donors (Lipinski definition) is 1. The van der Waals surface area contributed by atoms with Crippen molar-refractivity contribution in [3.05, 3.63) is 42.5 Å². The molecule has 8 heteroatoms. The third-order valence-corrected chi connectivity index (χ3v) is 5.55. The van der Waals surface area contributed by atoms with Crippen LogP contribution in [0.2, 0.25) is 0 Å². The summed E-state index contributed by atoms with van der Waals surface area (Å²) in [7, 11) is 1.83. The molecule has 2 saturated heterocycles. The second-order valence-corrected chi connectivity index (χ2v) is 7.41. The van der Waals surface area contributed by atoms with Crippen molar-refractivity contribution < 1.29 is 4.79 Å². The number of benzene rings is 1. The normalized spacial score (nSPS) is 21.1. The summed E-state index contributed by atoms with van der Waals surface area (Å²) in [6.07, 6.45) is 4.86. The fourth-order valence-corrected chi connectivity index (χ4v) is 4.02. The Labute approximate surface area is 157 Å². The van der Waals surface area contributed by atoms with Gasteiger partial charge in [-0.15, -0.1) is 0 Å². The number of anilines is 1. The minimum atomic E-state index is 0.0486. The number of imidazole rings is 1. The van der Waals surface area contributed by atoms with Crippen LogP contribution in [-0.2, 0) is 6.54 Å². The van der Waals surface area contributed by atoms with Crippen molar-refractivity contribution in [2.24, 2.45) is 0 Å². The average molecular weight is 365 g/mol. The first-order chi connectivity index (χ1) is 13.2. The summed E-state index contributed by atoms with van der Waals surface area (Å²) in [6.45, 7) is 4.26. The standard InChI is InChI=1S/C19H23N7O/c1-23-8-9-25(19(23)27)15-10-20-26(12-15)14-6-7-24(11-14)13-18-21-16-4-2-3-5-17(16)22-18/h2-5,10,12,14H,6-9,11,13H2,1H3,(H,21,22). The van der Waals surface area contributed by atoms with Crippen molar-refractivity contribution >= 4 is 22.8 Å². The minimum absolute atomic E-state index is 0.0486. The maximum Gasteiger partial charge on any atom is 0.324 e. The number of H-pyrrole nitrogens is 1. The van der Waals surface area contributed by atoms with Crippen LogP contribution in [0.3, 0.4) is 0 Å². The van der Waals surface area contributed by atoms with Gasteiger partial charge in [0.05, 0.1) is 35.5 Å². The Morgan fingerprint density at radius 1 is 1.22 bits per heavy atom. The number of nitrogens with one attached hydrogen (secondary N) is 1. The number of carbonyl (C=O) groups is 1. The van der Waals surface area contributed by atoms with Crippen LogP contribution >= 0.6 is 0 Å². The zero-order valence-corrected chi connectivity index (χ0v) is 15.4. The van der Waals surface area contributed by atoms with E-state index in [1.165, 1.54) is 0 Å². The lowest BCUT2D eigenvalue weighted by Gasteiger charge is -2.15. The van der Waals surface area contributed by atoms with E-state index in [4.69, 9.17) is 0 Å². The Bertz CT molecular complexity index is 944. The van der Waals surface area contributed by atoms with Crippen molar-refractivity contribution in [3.63, 3.8) is 0 Å². The number of fused-ring (bicyclic) bond motifs is 1. The number of likely N-dealkylation sites (tertiary alicyclic amines) is 1. The largest absolute Gasteiger partial charge is 0.341 e. The van der Waals surface area contributed by atoms with E-state index in [1.807, 2.05) is 36.1 Å². The molecule has 27 heavy (non-hydrogen) atoms. The maximum atomic E-state index is 12.2. The van der Waals surface area contributed by atoms with E-state index in [9.17, 15) is 4.79 Å². The number of aromatic nitrogens is 4. The number of rotatable bonds is 4. The van der Waals surface area contributed by atoms with Gasteiger partial charge in [-0.2, -0.15) is 5.10 Å². The highest BCUT2D eigenvalue weighted by Crippen LogP contribution is 2.26. The molecule has 1 N–H and O–H groups in total. The second-order valence-electron chi connectivity index (χ2n) is 7.41. The maximum absolute atomic E-state index is 12.2. The van der Waals surface area contributed by atoms with Gasteiger partial charge in [-0.05, 0) is 18.6 Å². The van der Waals surface area contributed by atoms with Gasteiger partial charge in [0.2, 0.25) is 0 Å². The third kappa shape index (κ3) is 2.95. The highest BCUT2D eigenvalue weighted by Gasteiger charge is 2.29. The highest BCUT2D eigenvalue weighted by molar-refractivity contribution is 5.93. The van der Waals surface area contributed by atoms with Crippen molar-refractivity contribution in [2.75, 3.05) is 38.1 Å². The van der Waals surface area contributed by atoms with E-state index in [0.717, 1.165) is 61.7 Å². The first kappa shape index (κ1) is 16.3. The van der Waals surface area contributed by atoms with E-state index < -0.39 is 0 Å². The molecule has 0 radical (unpaired) electrons. The van der Waals surface area contributed by atoms with E-state index in [1.54, 1.807) is 16.0 Å². The van der Waals surface area contributed by atoms with Crippen LogP contribution in [0.4, 0.5) is 10.5 Å². The Hall–Kier alpha value is -2.87. The van der Waals surface area contributed by atoms with Crippen LogP contribution in [0, 0.1) is 0 Å². The number of hydrogen-bond acceptors (Lipinski definition) is 4. The predicted molar refractivity (Wildman–Crippen MR) is 103 cm³/mol. The summed E-state index contributed by atoms with van der Waals surface area (Å²) < 4.78 is 2.01. The number of carbonyl (C=O) groups excluding carboxylic acids is 1. The number of para-hydroxylation sites is 2. The Morgan fingerprint density at radius 2 is 2.11 bits per heavy atom. The minimum Gasteiger partial charge on any atom is -0.341 e. The monoisotopic (exact) mass is 365 g/mol. The van der Waals surface area contributed by atoms with E-state index >= 15 is 0 Å². The van der Waals surface area contributed by atoms with Gasteiger partial charge in [0, 0.05) is 39.4 Å². The molecule has 0 spiro atoms. The van der Waals surface area contributed by atoms with Crippen molar-refractivity contribution in [1.29, 1.82) is 0 Å². The van der Waals surface area contributed by atoms with Crippen LogP contribution in [0.5, 0.6) is 0 Å². The van der Waals surface area contributed by atoms with E-state index in [-0.39, 0.29) is 6.03 Å².